The summed E-state index contributed by atoms with van der Waals surface area (Å²) in [5.41, 5.74) is 4.77. The number of alkyl halides is 1. The number of pyridine rings is 1. The van der Waals surface area contributed by atoms with Crippen LogP contribution in [0.4, 0.5) is 0 Å². The predicted octanol–water partition coefficient (Wildman–Crippen LogP) is 4.19. The number of hydrogen-bond donors (Lipinski definition) is 1. The third-order valence-electron chi connectivity index (χ3n) is 5.32. The van der Waals surface area contributed by atoms with E-state index in [-0.39, 0.29) is 18.0 Å². The molecule has 130 valence electrons. The highest BCUT2D eigenvalue weighted by molar-refractivity contribution is 9.09. The smallest absolute Gasteiger partial charge is 0.251 e. The number of likely N-dealkylation sites (tertiary alicyclic amines) is 1. The molecule has 0 saturated carbocycles. The predicted molar refractivity (Wildman–Crippen MR) is 106 cm³/mol. The molecule has 0 bridgehead atoms. The molecule has 1 N–H and O–H groups in total. The van der Waals surface area contributed by atoms with Gasteiger partial charge in [0.25, 0.3) is 5.56 Å². The third kappa shape index (κ3) is 3.56. The normalized spacial score (nSPS) is 19.0. The highest BCUT2D eigenvalue weighted by Gasteiger charge is 2.18. The van der Waals surface area contributed by atoms with Gasteiger partial charge in [0.1, 0.15) is 0 Å². The van der Waals surface area contributed by atoms with E-state index in [2.05, 4.69) is 44.0 Å². The molecule has 0 amide bonds. The minimum atomic E-state index is 0. The Balaban J connectivity index is 0.00000169. The van der Waals surface area contributed by atoms with Gasteiger partial charge in [-0.2, -0.15) is 0 Å². The second-order valence-corrected chi connectivity index (χ2v) is 8.24. The SMILES string of the molecule is Cl.O=c1[nH]c2cc(CN3CCC(Br)CC3)ccc2c2c1CCCC2. The van der Waals surface area contributed by atoms with Crippen LogP contribution < -0.4 is 5.56 Å². The first-order valence-corrected chi connectivity index (χ1v) is 9.65. The highest BCUT2D eigenvalue weighted by atomic mass is 79.9. The fourth-order valence-electron chi connectivity index (χ4n) is 4.02. The Morgan fingerprint density at radius 1 is 1.12 bits per heavy atom. The fourth-order valence-corrected chi connectivity index (χ4v) is 4.43. The monoisotopic (exact) mass is 410 g/mol. The topological polar surface area (TPSA) is 36.1 Å². The van der Waals surface area contributed by atoms with Gasteiger partial charge in [-0.1, -0.05) is 28.1 Å². The Labute approximate surface area is 157 Å². The molecule has 2 heterocycles. The first kappa shape index (κ1) is 18.0. The summed E-state index contributed by atoms with van der Waals surface area (Å²) in [6, 6.07) is 6.66. The van der Waals surface area contributed by atoms with Gasteiger partial charge in [0.15, 0.2) is 0 Å². The third-order valence-corrected chi connectivity index (χ3v) is 6.24. The van der Waals surface area contributed by atoms with Gasteiger partial charge in [0.05, 0.1) is 0 Å². The molecule has 1 aliphatic heterocycles. The zero-order valence-electron chi connectivity index (χ0n) is 13.8. The first-order chi connectivity index (χ1) is 11.2. The molecule has 3 nitrogen and oxygen atoms in total. The summed E-state index contributed by atoms with van der Waals surface area (Å²) in [6.07, 6.45) is 6.77. The molecule has 0 unspecified atom stereocenters. The van der Waals surface area contributed by atoms with E-state index in [1.807, 2.05) is 0 Å². The van der Waals surface area contributed by atoms with Crippen molar-refractivity contribution in [3.63, 3.8) is 0 Å². The van der Waals surface area contributed by atoms with Crippen molar-refractivity contribution in [2.45, 2.75) is 49.9 Å². The number of rotatable bonds is 2. The number of nitrogens with zero attached hydrogens (tertiary/aromatic N) is 1. The van der Waals surface area contributed by atoms with Crippen LogP contribution in [0.15, 0.2) is 23.0 Å². The summed E-state index contributed by atoms with van der Waals surface area (Å²) in [6.45, 7) is 3.28. The molecule has 0 atom stereocenters. The first-order valence-electron chi connectivity index (χ1n) is 8.74. The van der Waals surface area contributed by atoms with E-state index in [1.165, 1.54) is 35.8 Å². The number of halogens is 2. The number of hydrogen-bond acceptors (Lipinski definition) is 2. The van der Waals surface area contributed by atoms with Crippen LogP contribution in [-0.4, -0.2) is 27.8 Å². The second-order valence-electron chi connectivity index (χ2n) is 6.95. The Hall–Kier alpha value is -0.840. The van der Waals surface area contributed by atoms with E-state index < -0.39 is 0 Å². The standard InChI is InChI=1S/C19H23BrN2O.ClH/c20-14-7-9-22(10-8-14)12-13-5-6-16-15-3-1-2-4-17(15)19(23)21-18(16)11-13;/h5-6,11,14H,1-4,7-10,12H2,(H,21,23);1H. The molecule has 0 spiro atoms. The summed E-state index contributed by atoms with van der Waals surface area (Å²) < 4.78 is 0. The van der Waals surface area contributed by atoms with Gasteiger partial charge in [-0.05, 0) is 68.8 Å². The second kappa shape index (κ2) is 7.59. The van der Waals surface area contributed by atoms with Crippen LogP contribution in [0.3, 0.4) is 0 Å². The van der Waals surface area contributed by atoms with E-state index in [4.69, 9.17) is 0 Å². The minimum Gasteiger partial charge on any atom is -0.322 e. The van der Waals surface area contributed by atoms with Crippen LogP contribution in [0, 0.1) is 0 Å². The number of aromatic nitrogens is 1. The van der Waals surface area contributed by atoms with Crippen molar-refractivity contribution in [1.82, 2.24) is 9.88 Å². The summed E-state index contributed by atoms with van der Waals surface area (Å²) >= 11 is 3.71. The quantitative estimate of drug-likeness (QED) is 0.752. The van der Waals surface area contributed by atoms with Crippen molar-refractivity contribution in [3.05, 3.63) is 45.2 Å². The summed E-state index contributed by atoms with van der Waals surface area (Å²) in [5.74, 6) is 0. The Bertz CT molecular complexity index is 781. The van der Waals surface area contributed by atoms with E-state index in [1.54, 1.807) is 0 Å². The lowest BCUT2D eigenvalue weighted by Gasteiger charge is -2.29. The van der Waals surface area contributed by atoms with Crippen molar-refractivity contribution in [3.8, 4) is 0 Å². The largest absolute Gasteiger partial charge is 0.322 e. The molecule has 1 aromatic carbocycles. The van der Waals surface area contributed by atoms with Crippen LogP contribution in [0.5, 0.6) is 0 Å². The van der Waals surface area contributed by atoms with Crippen molar-refractivity contribution in [2.75, 3.05) is 13.1 Å². The van der Waals surface area contributed by atoms with Crippen LogP contribution in [0.1, 0.15) is 42.4 Å². The average molecular weight is 412 g/mol. The molecule has 2 aromatic rings. The molecule has 2 aliphatic rings. The average Bonchev–Trinajstić information content (AvgIpc) is 2.57. The van der Waals surface area contributed by atoms with E-state index >= 15 is 0 Å². The Morgan fingerprint density at radius 3 is 2.58 bits per heavy atom. The van der Waals surface area contributed by atoms with Crippen molar-refractivity contribution >= 4 is 39.2 Å². The van der Waals surface area contributed by atoms with Crippen molar-refractivity contribution in [2.24, 2.45) is 0 Å². The molecular weight excluding hydrogens is 388 g/mol. The maximum Gasteiger partial charge on any atom is 0.251 e. The van der Waals surface area contributed by atoms with Gasteiger partial charge < -0.3 is 4.98 Å². The van der Waals surface area contributed by atoms with Gasteiger partial charge in [0, 0.05) is 27.8 Å². The Kier molecular flexibility index (Phi) is 5.68. The molecule has 0 radical (unpaired) electrons. The number of fused-ring (bicyclic) bond motifs is 3. The number of piperidine rings is 1. The Morgan fingerprint density at radius 2 is 1.83 bits per heavy atom. The minimum absolute atomic E-state index is 0. The maximum atomic E-state index is 12.3. The molecule has 24 heavy (non-hydrogen) atoms. The van der Waals surface area contributed by atoms with Gasteiger partial charge in [-0.3, -0.25) is 9.69 Å². The molecular formula is C19H24BrClN2O. The van der Waals surface area contributed by atoms with Crippen LogP contribution in [0.2, 0.25) is 0 Å². The zero-order chi connectivity index (χ0) is 15.8. The van der Waals surface area contributed by atoms with Crippen LogP contribution >= 0.6 is 28.3 Å². The molecule has 5 heteroatoms. The molecule has 1 aliphatic carbocycles. The van der Waals surface area contributed by atoms with Crippen LogP contribution in [-0.2, 0) is 19.4 Å². The van der Waals surface area contributed by atoms with E-state index in [0.29, 0.717) is 4.83 Å². The molecule has 1 aromatic heterocycles. The van der Waals surface area contributed by atoms with Crippen molar-refractivity contribution in [1.29, 1.82) is 0 Å². The molecule has 1 saturated heterocycles. The fraction of sp³-hybridized carbons (Fsp3) is 0.526. The number of benzene rings is 1. The van der Waals surface area contributed by atoms with Gasteiger partial charge in [-0.25, -0.2) is 0 Å². The number of H-pyrrole nitrogens is 1. The summed E-state index contributed by atoms with van der Waals surface area (Å²) in [5, 5.41) is 1.25. The summed E-state index contributed by atoms with van der Waals surface area (Å²) in [4.78, 5) is 18.7. The van der Waals surface area contributed by atoms with Gasteiger partial charge >= 0.3 is 0 Å². The number of aromatic amines is 1. The maximum absolute atomic E-state index is 12.3. The lowest BCUT2D eigenvalue weighted by molar-refractivity contribution is 0.226. The number of aryl methyl sites for hydroxylation is 1. The lowest BCUT2D eigenvalue weighted by Crippen LogP contribution is -2.33. The van der Waals surface area contributed by atoms with Crippen LogP contribution in [0.25, 0.3) is 10.9 Å². The van der Waals surface area contributed by atoms with E-state index in [9.17, 15) is 4.79 Å². The molecule has 4 rings (SSSR count). The van der Waals surface area contributed by atoms with Gasteiger partial charge in [0.2, 0.25) is 0 Å². The lowest BCUT2D eigenvalue weighted by atomic mass is 9.89. The summed E-state index contributed by atoms with van der Waals surface area (Å²) in [7, 11) is 0. The zero-order valence-corrected chi connectivity index (χ0v) is 16.2. The van der Waals surface area contributed by atoms with Gasteiger partial charge in [-0.15, -0.1) is 12.4 Å². The number of nitrogens with one attached hydrogen (secondary N) is 1. The van der Waals surface area contributed by atoms with E-state index in [0.717, 1.165) is 50.0 Å². The highest BCUT2D eigenvalue weighted by Crippen LogP contribution is 2.27. The molecule has 1 fully saturated rings. The van der Waals surface area contributed by atoms with Crippen molar-refractivity contribution < 1.29 is 0 Å².